The lowest BCUT2D eigenvalue weighted by Crippen LogP contribution is -2.71. The van der Waals surface area contributed by atoms with E-state index >= 15 is 0 Å². The molecule has 3 amide bonds. The molecule has 2 unspecified atom stereocenters. The van der Waals surface area contributed by atoms with Gasteiger partial charge in [-0.15, -0.1) is 11.8 Å². The smallest absolute Gasteiger partial charge is 0.414 e. The van der Waals surface area contributed by atoms with Crippen LogP contribution in [0.15, 0.2) is 89.7 Å². The molecule has 6 heterocycles. The predicted molar refractivity (Wildman–Crippen MR) is 211 cm³/mol. The van der Waals surface area contributed by atoms with Crippen molar-refractivity contribution in [1.82, 2.24) is 34.1 Å². The number of carbonyl (C=O) groups excluding carboxylic acids is 4. The molecule has 5 aromatic rings. The van der Waals surface area contributed by atoms with Crippen molar-refractivity contribution < 1.29 is 47.2 Å². The first-order valence-electron chi connectivity index (χ1n) is 18.0. The van der Waals surface area contributed by atoms with Gasteiger partial charge in [-0.2, -0.15) is 9.36 Å². The zero-order valence-corrected chi connectivity index (χ0v) is 33.8. The number of alkyl halides is 1. The average Bonchev–Trinajstić information content (AvgIpc) is 3.86. The van der Waals surface area contributed by atoms with Gasteiger partial charge in [0.1, 0.15) is 47.1 Å². The number of hydrogen-bond acceptors (Lipinski definition) is 15. The highest BCUT2D eigenvalue weighted by Gasteiger charge is 2.55. The number of carbonyl (C=O) groups is 4. The van der Waals surface area contributed by atoms with Gasteiger partial charge < -0.3 is 24.4 Å². The van der Waals surface area contributed by atoms with Crippen LogP contribution in [0.3, 0.4) is 0 Å². The number of anilines is 1. The van der Waals surface area contributed by atoms with E-state index in [1.165, 1.54) is 16.7 Å². The molecule has 7 rings (SSSR count). The third kappa shape index (κ3) is 9.31. The molecule has 1 saturated heterocycles. The van der Waals surface area contributed by atoms with Gasteiger partial charge >= 0.3 is 17.7 Å². The van der Waals surface area contributed by atoms with Crippen molar-refractivity contribution in [3.05, 3.63) is 102 Å². The topological polar surface area (TPSA) is 205 Å². The number of esters is 1. The second-order valence-corrected chi connectivity index (χ2v) is 15.9. The van der Waals surface area contributed by atoms with Crippen molar-refractivity contribution in [1.29, 1.82) is 0 Å². The lowest BCUT2D eigenvalue weighted by Gasteiger charge is -2.49. The van der Waals surface area contributed by atoms with E-state index in [0.717, 1.165) is 11.2 Å². The Morgan fingerprint density at radius 1 is 1.08 bits per heavy atom. The maximum absolute atomic E-state index is 14.0. The number of halogens is 1. The maximum Gasteiger partial charge on any atom is 0.414 e. The number of pyridine rings is 2. The number of benzene rings is 1. The second kappa shape index (κ2) is 17.6. The summed E-state index contributed by atoms with van der Waals surface area (Å²) in [5.74, 6) is -1.67. The molecule has 0 saturated carbocycles. The van der Waals surface area contributed by atoms with Crippen molar-refractivity contribution in [2.45, 2.75) is 57.5 Å². The van der Waals surface area contributed by atoms with Crippen LogP contribution in [0.2, 0.25) is 0 Å². The molecule has 4 aromatic heterocycles. The van der Waals surface area contributed by atoms with E-state index in [0.29, 0.717) is 40.6 Å². The SMILES string of the molecule is COc1ccc(COC(=O)C2=C(C[n+]3cccc4c3ncn4Cc3ccccn3)CSC3C(NC(=O)/C(=N\OCF)c4nsc(NC(=O)OC(C)(C)C)n4)C(=O)N23)cc1. The Kier molecular flexibility index (Phi) is 12.1. The standard InChI is InChI=1S/C38H37FN10O8S2/c1-38(2,3)57-37(53)44-36-43-30(46-59-36)27(45-56-20-39)32(50)42-28-33(51)49-29(35(52)55-18-22-10-12-25(54-4)13-11-22)23(19-58-34(28)49)16-47-15-7-9-26-31(47)41-21-48(26)17-24-8-5-6-14-40-24/h5-15,21,28,34H,16-20H2,1-4H3,(H-,42,43,44,46,50,53)/p+1/b45-27-. The predicted octanol–water partition coefficient (Wildman–Crippen LogP) is 3.72. The Balaban J connectivity index is 1.13. The highest BCUT2D eigenvalue weighted by atomic mass is 32.2. The number of methoxy groups -OCH3 is 1. The summed E-state index contributed by atoms with van der Waals surface area (Å²) in [5, 5.41) is 7.81. The molecule has 306 valence electrons. The van der Waals surface area contributed by atoms with Gasteiger partial charge in [-0.1, -0.05) is 23.4 Å². The monoisotopic (exact) mass is 845 g/mol. The normalized spacial score (nSPS) is 16.6. The summed E-state index contributed by atoms with van der Waals surface area (Å²) in [6.07, 6.45) is 4.48. The molecular formula is C38H38FN10O8S2+. The fourth-order valence-corrected chi connectivity index (χ4v) is 8.07. The number of oxime groups is 1. The van der Waals surface area contributed by atoms with E-state index in [4.69, 9.17) is 14.2 Å². The van der Waals surface area contributed by atoms with Crippen LogP contribution < -0.4 is 19.9 Å². The van der Waals surface area contributed by atoms with E-state index in [1.807, 2.05) is 45.7 Å². The van der Waals surface area contributed by atoms with E-state index in [-0.39, 0.29) is 35.6 Å². The molecule has 18 nitrogen and oxygen atoms in total. The van der Waals surface area contributed by atoms with Crippen molar-refractivity contribution >= 4 is 69.2 Å². The van der Waals surface area contributed by atoms with Crippen LogP contribution in [0.1, 0.15) is 37.9 Å². The second-order valence-electron chi connectivity index (χ2n) is 14.0. The largest absolute Gasteiger partial charge is 0.497 e. The summed E-state index contributed by atoms with van der Waals surface area (Å²) >= 11 is 2.04. The molecule has 0 aliphatic carbocycles. The number of nitrogens with zero attached hydrogens (tertiary/aromatic N) is 8. The zero-order valence-electron chi connectivity index (χ0n) is 32.2. The molecular weight excluding hydrogens is 808 g/mol. The minimum atomic E-state index is -1.37. The summed E-state index contributed by atoms with van der Waals surface area (Å²) in [6.45, 7) is 4.28. The van der Waals surface area contributed by atoms with Crippen LogP contribution in [0.25, 0.3) is 11.2 Å². The Labute approximate surface area is 344 Å². The molecule has 2 aliphatic rings. The van der Waals surface area contributed by atoms with Crippen LogP contribution in [0.5, 0.6) is 5.75 Å². The van der Waals surface area contributed by atoms with Crippen molar-refractivity contribution in [3.63, 3.8) is 0 Å². The summed E-state index contributed by atoms with van der Waals surface area (Å²) in [6, 6.07) is 15.4. The third-order valence-electron chi connectivity index (χ3n) is 8.79. The summed E-state index contributed by atoms with van der Waals surface area (Å²) < 4.78 is 37.2. The van der Waals surface area contributed by atoms with Crippen LogP contribution >= 0.6 is 23.3 Å². The third-order valence-corrected chi connectivity index (χ3v) is 10.8. The quantitative estimate of drug-likeness (QED) is 0.0539. The molecule has 0 radical (unpaired) electrons. The molecule has 1 aromatic carbocycles. The van der Waals surface area contributed by atoms with Gasteiger partial charge in [-0.25, -0.2) is 18.5 Å². The number of fused-ring (bicyclic) bond motifs is 2. The van der Waals surface area contributed by atoms with Crippen LogP contribution in [0.4, 0.5) is 14.3 Å². The van der Waals surface area contributed by atoms with Crippen molar-refractivity contribution in [2.75, 3.05) is 25.0 Å². The Bertz CT molecular complexity index is 2440. The van der Waals surface area contributed by atoms with E-state index in [9.17, 15) is 23.6 Å². The number of hydrogen-bond donors (Lipinski definition) is 2. The van der Waals surface area contributed by atoms with Gasteiger partial charge in [0.25, 0.3) is 18.7 Å². The Morgan fingerprint density at radius 3 is 2.63 bits per heavy atom. The lowest BCUT2D eigenvalue weighted by molar-refractivity contribution is -0.664. The first-order chi connectivity index (χ1) is 28.4. The Hall–Kier alpha value is -6.48. The van der Waals surface area contributed by atoms with Gasteiger partial charge in [-0.3, -0.25) is 29.4 Å². The molecule has 1 fully saturated rings. The molecule has 0 spiro atoms. The highest BCUT2D eigenvalue weighted by Crippen LogP contribution is 2.41. The maximum atomic E-state index is 14.0. The Morgan fingerprint density at radius 2 is 1.90 bits per heavy atom. The lowest BCUT2D eigenvalue weighted by atomic mass is 10.0. The summed E-state index contributed by atoms with van der Waals surface area (Å²) in [7, 11) is 1.55. The zero-order chi connectivity index (χ0) is 41.7. The average molecular weight is 846 g/mol. The molecule has 2 aliphatic heterocycles. The van der Waals surface area contributed by atoms with Gasteiger partial charge in [0.15, 0.2) is 0 Å². The number of thioether (sulfide) groups is 1. The number of aromatic nitrogens is 6. The fourth-order valence-electron chi connectivity index (χ4n) is 6.18. The first kappa shape index (κ1) is 40.7. The molecule has 21 heteroatoms. The van der Waals surface area contributed by atoms with Gasteiger partial charge in [0, 0.05) is 29.1 Å². The van der Waals surface area contributed by atoms with E-state index in [2.05, 4.69) is 40.0 Å². The van der Waals surface area contributed by atoms with E-state index in [1.54, 1.807) is 64.7 Å². The van der Waals surface area contributed by atoms with Crippen LogP contribution in [0, 0.1) is 0 Å². The van der Waals surface area contributed by atoms with E-state index < -0.39 is 53.5 Å². The van der Waals surface area contributed by atoms with Gasteiger partial charge in [0.05, 0.1) is 25.5 Å². The van der Waals surface area contributed by atoms with Crippen LogP contribution in [-0.2, 0) is 48.4 Å². The molecule has 2 N–H and O–H groups in total. The summed E-state index contributed by atoms with van der Waals surface area (Å²) in [5.41, 5.74) is 2.34. The number of ether oxygens (including phenoxy) is 3. The first-order valence-corrected chi connectivity index (χ1v) is 19.9. The minimum absolute atomic E-state index is 0.0345. The van der Waals surface area contributed by atoms with Gasteiger partial charge in [-0.05, 0) is 67.7 Å². The van der Waals surface area contributed by atoms with Gasteiger partial charge in [0.2, 0.25) is 23.0 Å². The fraction of sp³-hybridized carbons (Fsp3) is 0.316. The minimum Gasteiger partial charge on any atom is -0.497 e. The highest BCUT2D eigenvalue weighted by molar-refractivity contribution is 8.00. The molecule has 0 bridgehead atoms. The summed E-state index contributed by atoms with van der Waals surface area (Å²) in [4.78, 5) is 73.0. The van der Waals surface area contributed by atoms with Crippen LogP contribution in [-0.4, -0.2) is 95.1 Å². The molecule has 59 heavy (non-hydrogen) atoms. The number of rotatable bonds is 14. The number of nitrogens with one attached hydrogen (secondary N) is 2. The number of β-lactam (4-membered cyclic amide) rings is 1. The molecule has 2 atom stereocenters. The van der Waals surface area contributed by atoms with Crippen molar-refractivity contribution in [2.24, 2.45) is 5.16 Å². The van der Waals surface area contributed by atoms with Crippen molar-refractivity contribution in [3.8, 4) is 5.75 Å². The number of imidazole rings is 1. The number of amides is 3.